The van der Waals surface area contributed by atoms with Gasteiger partial charge < -0.3 is 9.84 Å². The molecule has 0 bridgehead atoms. The number of methoxy groups -OCH3 is 1. The van der Waals surface area contributed by atoms with E-state index in [0.717, 1.165) is 6.42 Å². The summed E-state index contributed by atoms with van der Waals surface area (Å²) in [6, 6.07) is 4.63. The smallest absolute Gasteiger partial charge is 0.165 e. The lowest BCUT2D eigenvalue weighted by Gasteiger charge is -2.11. The first-order chi connectivity index (χ1) is 7.20. The van der Waals surface area contributed by atoms with Crippen molar-refractivity contribution in [2.24, 2.45) is 5.92 Å². The molecule has 2 nitrogen and oxygen atoms in total. The second kappa shape index (κ2) is 4.19. The maximum atomic E-state index is 13.3. The molecule has 0 saturated heterocycles. The Morgan fingerprint density at radius 1 is 1.53 bits per heavy atom. The summed E-state index contributed by atoms with van der Waals surface area (Å²) in [7, 11) is 1.43. The van der Waals surface area contributed by atoms with Crippen LogP contribution in [0.1, 0.15) is 30.9 Å². The van der Waals surface area contributed by atoms with Crippen molar-refractivity contribution in [1.29, 1.82) is 0 Å². The number of rotatable bonds is 4. The van der Waals surface area contributed by atoms with Gasteiger partial charge >= 0.3 is 0 Å². The van der Waals surface area contributed by atoms with Gasteiger partial charge in [-0.25, -0.2) is 4.39 Å². The van der Waals surface area contributed by atoms with Crippen LogP contribution < -0.4 is 4.74 Å². The zero-order chi connectivity index (χ0) is 10.8. The molecule has 1 aromatic rings. The van der Waals surface area contributed by atoms with E-state index in [-0.39, 0.29) is 5.75 Å². The Bertz CT molecular complexity index is 347. The van der Waals surface area contributed by atoms with Gasteiger partial charge in [0.15, 0.2) is 11.6 Å². The lowest BCUT2D eigenvalue weighted by atomic mass is 10.0. The fraction of sp³-hybridized carbons (Fsp3) is 0.500. The van der Waals surface area contributed by atoms with Gasteiger partial charge in [-0.2, -0.15) is 0 Å². The lowest BCUT2D eigenvalue weighted by molar-refractivity contribution is 0.160. The molecule has 1 saturated carbocycles. The van der Waals surface area contributed by atoms with Crippen LogP contribution in [0.25, 0.3) is 0 Å². The summed E-state index contributed by atoms with van der Waals surface area (Å²) in [5.74, 6) is 0.437. The fourth-order valence-corrected chi connectivity index (χ4v) is 1.70. The van der Waals surface area contributed by atoms with E-state index >= 15 is 0 Å². The van der Waals surface area contributed by atoms with E-state index in [9.17, 15) is 9.50 Å². The molecule has 0 spiro atoms. The predicted molar refractivity (Wildman–Crippen MR) is 55.3 cm³/mol. The average molecular weight is 210 g/mol. The van der Waals surface area contributed by atoms with Crippen LogP contribution in [-0.4, -0.2) is 12.2 Å². The van der Waals surface area contributed by atoms with Crippen LogP contribution >= 0.6 is 0 Å². The van der Waals surface area contributed by atoms with Crippen molar-refractivity contribution in [2.75, 3.05) is 7.11 Å². The van der Waals surface area contributed by atoms with E-state index < -0.39 is 11.9 Å². The number of ether oxygens (including phenoxy) is 1. The summed E-state index contributed by atoms with van der Waals surface area (Å²) >= 11 is 0. The number of halogens is 1. The van der Waals surface area contributed by atoms with Crippen LogP contribution in [0.2, 0.25) is 0 Å². The molecule has 1 aliphatic rings. The molecule has 15 heavy (non-hydrogen) atoms. The highest BCUT2D eigenvalue weighted by Crippen LogP contribution is 2.38. The average Bonchev–Trinajstić information content (AvgIpc) is 3.01. The van der Waals surface area contributed by atoms with Gasteiger partial charge in [0.1, 0.15) is 0 Å². The standard InChI is InChI=1S/C12H15FO2/c1-15-12-5-4-9(7-10(12)13)11(14)6-8-2-3-8/h4-5,7-8,11,14H,2-3,6H2,1H3. The summed E-state index contributed by atoms with van der Waals surface area (Å²) in [6.07, 6.45) is 2.58. The lowest BCUT2D eigenvalue weighted by Crippen LogP contribution is -2.00. The van der Waals surface area contributed by atoms with Gasteiger partial charge in [0.25, 0.3) is 0 Å². The van der Waals surface area contributed by atoms with Crippen LogP contribution in [0.5, 0.6) is 5.75 Å². The molecule has 1 aliphatic carbocycles. The largest absolute Gasteiger partial charge is 0.494 e. The Labute approximate surface area is 88.7 Å². The minimum absolute atomic E-state index is 0.220. The Kier molecular flexibility index (Phi) is 2.91. The van der Waals surface area contributed by atoms with Crippen LogP contribution in [0.15, 0.2) is 18.2 Å². The van der Waals surface area contributed by atoms with Crippen molar-refractivity contribution in [3.63, 3.8) is 0 Å². The van der Waals surface area contributed by atoms with Gasteiger partial charge in [0.2, 0.25) is 0 Å². The molecule has 1 fully saturated rings. The highest BCUT2D eigenvalue weighted by atomic mass is 19.1. The molecular formula is C12H15FO2. The van der Waals surface area contributed by atoms with Crippen LogP contribution in [0.4, 0.5) is 4.39 Å². The first-order valence-electron chi connectivity index (χ1n) is 5.22. The van der Waals surface area contributed by atoms with Crippen LogP contribution in [-0.2, 0) is 0 Å². The Hall–Kier alpha value is -1.09. The van der Waals surface area contributed by atoms with Crippen LogP contribution in [0, 0.1) is 11.7 Å². The zero-order valence-corrected chi connectivity index (χ0v) is 8.74. The highest BCUT2D eigenvalue weighted by Gasteiger charge is 2.25. The van der Waals surface area contributed by atoms with Crippen LogP contribution in [0.3, 0.4) is 0 Å². The second-order valence-electron chi connectivity index (χ2n) is 4.09. The molecule has 1 aromatic carbocycles. The topological polar surface area (TPSA) is 29.5 Å². The van der Waals surface area contributed by atoms with E-state index in [1.54, 1.807) is 12.1 Å². The SMILES string of the molecule is COc1ccc(C(O)CC2CC2)cc1F. The molecule has 1 unspecified atom stereocenters. The predicted octanol–water partition coefficient (Wildman–Crippen LogP) is 2.67. The Morgan fingerprint density at radius 2 is 2.27 bits per heavy atom. The molecule has 2 rings (SSSR count). The third-order valence-electron chi connectivity index (χ3n) is 2.81. The minimum Gasteiger partial charge on any atom is -0.494 e. The third-order valence-corrected chi connectivity index (χ3v) is 2.81. The van der Waals surface area contributed by atoms with E-state index in [1.165, 1.54) is 26.0 Å². The third kappa shape index (κ3) is 2.48. The van der Waals surface area contributed by atoms with Gasteiger partial charge in [-0.3, -0.25) is 0 Å². The maximum Gasteiger partial charge on any atom is 0.165 e. The number of hydrogen-bond donors (Lipinski definition) is 1. The summed E-state index contributed by atoms with van der Waals surface area (Å²) < 4.78 is 18.1. The molecule has 82 valence electrons. The Morgan fingerprint density at radius 3 is 2.80 bits per heavy atom. The van der Waals surface area contributed by atoms with E-state index in [0.29, 0.717) is 11.5 Å². The van der Waals surface area contributed by atoms with Gasteiger partial charge in [-0.1, -0.05) is 18.9 Å². The molecule has 0 amide bonds. The van der Waals surface area contributed by atoms with Gasteiger partial charge in [-0.15, -0.1) is 0 Å². The number of aliphatic hydroxyl groups excluding tert-OH is 1. The fourth-order valence-electron chi connectivity index (χ4n) is 1.70. The molecule has 0 radical (unpaired) electrons. The minimum atomic E-state index is -0.544. The molecule has 3 heteroatoms. The molecule has 0 aliphatic heterocycles. The highest BCUT2D eigenvalue weighted by molar-refractivity contribution is 5.30. The summed E-state index contributed by atoms with van der Waals surface area (Å²) in [5, 5.41) is 9.81. The molecule has 1 atom stereocenters. The number of hydrogen-bond acceptors (Lipinski definition) is 2. The zero-order valence-electron chi connectivity index (χ0n) is 8.74. The van der Waals surface area contributed by atoms with Crippen molar-refractivity contribution in [2.45, 2.75) is 25.4 Å². The van der Waals surface area contributed by atoms with E-state index in [2.05, 4.69) is 0 Å². The van der Waals surface area contributed by atoms with Crippen molar-refractivity contribution in [3.05, 3.63) is 29.6 Å². The van der Waals surface area contributed by atoms with E-state index in [1.807, 2.05) is 0 Å². The van der Waals surface area contributed by atoms with Gasteiger partial charge in [0, 0.05) is 0 Å². The Balaban J connectivity index is 2.09. The van der Waals surface area contributed by atoms with Crippen molar-refractivity contribution < 1.29 is 14.2 Å². The normalized spacial score (nSPS) is 17.5. The van der Waals surface area contributed by atoms with Crippen molar-refractivity contribution in [1.82, 2.24) is 0 Å². The van der Waals surface area contributed by atoms with Gasteiger partial charge in [0.05, 0.1) is 13.2 Å². The summed E-state index contributed by atoms with van der Waals surface area (Å²) in [5.41, 5.74) is 0.639. The molecule has 0 aromatic heterocycles. The summed E-state index contributed by atoms with van der Waals surface area (Å²) in [6.45, 7) is 0. The number of aliphatic hydroxyl groups is 1. The molecular weight excluding hydrogens is 195 g/mol. The second-order valence-corrected chi connectivity index (χ2v) is 4.09. The quantitative estimate of drug-likeness (QED) is 0.827. The van der Waals surface area contributed by atoms with Crippen molar-refractivity contribution in [3.8, 4) is 5.75 Å². The summed E-state index contributed by atoms with van der Waals surface area (Å²) in [4.78, 5) is 0. The monoisotopic (exact) mass is 210 g/mol. The number of benzene rings is 1. The first kappa shape index (κ1) is 10.4. The van der Waals surface area contributed by atoms with Gasteiger partial charge in [-0.05, 0) is 30.0 Å². The molecule has 1 N–H and O–H groups in total. The molecule has 0 heterocycles. The van der Waals surface area contributed by atoms with E-state index in [4.69, 9.17) is 4.74 Å². The first-order valence-corrected chi connectivity index (χ1v) is 5.22. The van der Waals surface area contributed by atoms with Crippen molar-refractivity contribution >= 4 is 0 Å². The maximum absolute atomic E-state index is 13.3.